The highest BCUT2D eigenvalue weighted by molar-refractivity contribution is 14.1. The third-order valence-electron chi connectivity index (χ3n) is 3.20. The molecule has 0 atom stereocenters. The molecule has 0 saturated heterocycles. The molecule has 1 amide bonds. The lowest BCUT2D eigenvalue weighted by molar-refractivity contribution is 0.0995. The van der Waals surface area contributed by atoms with E-state index in [0.29, 0.717) is 5.69 Å². The molecular formula is C18H13IN2O2. The van der Waals surface area contributed by atoms with E-state index in [1.165, 1.54) is 0 Å². The van der Waals surface area contributed by atoms with E-state index in [4.69, 9.17) is 10.5 Å². The van der Waals surface area contributed by atoms with Crippen molar-refractivity contribution in [2.24, 2.45) is 5.73 Å². The molecule has 5 heteroatoms. The minimum atomic E-state index is -0.537. The summed E-state index contributed by atoms with van der Waals surface area (Å²) < 4.78 is 6.95. The molecular weight excluding hydrogens is 399 g/mol. The lowest BCUT2D eigenvalue weighted by Crippen LogP contribution is -2.12. The molecule has 3 aromatic rings. The van der Waals surface area contributed by atoms with Gasteiger partial charge >= 0.3 is 0 Å². The molecule has 4 nitrogen and oxygen atoms in total. The van der Waals surface area contributed by atoms with Gasteiger partial charge in [-0.3, -0.25) is 4.79 Å². The molecule has 0 spiro atoms. The van der Waals surface area contributed by atoms with Crippen LogP contribution in [-0.2, 0) is 0 Å². The third-order valence-corrected chi connectivity index (χ3v) is 3.92. The summed E-state index contributed by atoms with van der Waals surface area (Å²) in [7, 11) is 0. The third kappa shape index (κ3) is 3.87. The van der Waals surface area contributed by atoms with Crippen molar-refractivity contribution in [3.63, 3.8) is 0 Å². The van der Waals surface area contributed by atoms with Crippen LogP contribution >= 0.6 is 22.6 Å². The monoisotopic (exact) mass is 412 g/mol. The number of rotatable bonds is 4. The zero-order chi connectivity index (χ0) is 16.2. The Labute approximate surface area is 147 Å². The van der Waals surface area contributed by atoms with Gasteiger partial charge in [-0.05, 0) is 83.3 Å². The maximum Gasteiger partial charge on any atom is 0.267 e. The number of primary amides is 1. The number of hydrogen-bond acceptors (Lipinski definition) is 3. The van der Waals surface area contributed by atoms with Crippen molar-refractivity contribution in [2.75, 3.05) is 0 Å². The van der Waals surface area contributed by atoms with Crippen molar-refractivity contribution in [2.45, 2.75) is 0 Å². The highest BCUT2D eigenvalue weighted by atomic mass is 123. The molecule has 1 heterocycles. The normalized spacial score (nSPS) is 10.3. The van der Waals surface area contributed by atoms with Crippen LogP contribution in [0.5, 0.6) is 11.5 Å². The van der Waals surface area contributed by atoms with Crippen molar-refractivity contribution >= 4 is 28.5 Å². The van der Waals surface area contributed by atoms with Crippen LogP contribution in [0.1, 0.15) is 10.5 Å². The average molecular weight is 412 g/mol. The Balaban J connectivity index is 1.80. The van der Waals surface area contributed by atoms with E-state index in [0.717, 1.165) is 20.6 Å². The van der Waals surface area contributed by atoms with Crippen LogP contribution in [0.4, 0.5) is 0 Å². The van der Waals surface area contributed by atoms with Gasteiger partial charge in [0.2, 0.25) is 0 Å². The van der Waals surface area contributed by atoms with Gasteiger partial charge in [0.15, 0.2) is 0 Å². The van der Waals surface area contributed by atoms with Crippen LogP contribution in [0, 0.1) is 3.57 Å². The summed E-state index contributed by atoms with van der Waals surface area (Å²) in [5.74, 6) is 0.985. The number of carbonyl (C=O) groups excluding carboxylic acids is 1. The number of hydrogen-bond donors (Lipinski definition) is 1. The number of benzene rings is 2. The summed E-state index contributed by atoms with van der Waals surface area (Å²) in [5, 5.41) is 0. The summed E-state index contributed by atoms with van der Waals surface area (Å²) in [6.07, 6.45) is 0. The van der Waals surface area contributed by atoms with Gasteiger partial charge < -0.3 is 10.5 Å². The fraction of sp³-hybridized carbons (Fsp3) is 0. The molecule has 0 aliphatic rings. The smallest absolute Gasteiger partial charge is 0.267 e. The lowest BCUT2D eigenvalue weighted by Gasteiger charge is -2.07. The Morgan fingerprint density at radius 1 is 0.913 bits per heavy atom. The van der Waals surface area contributed by atoms with Gasteiger partial charge in [0.1, 0.15) is 17.2 Å². The number of nitrogens with two attached hydrogens (primary N) is 1. The van der Waals surface area contributed by atoms with E-state index in [9.17, 15) is 4.79 Å². The first kappa shape index (κ1) is 15.5. The van der Waals surface area contributed by atoms with Gasteiger partial charge in [0, 0.05) is 9.13 Å². The molecule has 114 valence electrons. The maximum atomic E-state index is 11.2. The van der Waals surface area contributed by atoms with Crippen LogP contribution in [0.3, 0.4) is 0 Å². The topological polar surface area (TPSA) is 65.2 Å². The molecule has 0 saturated carbocycles. The second-order valence-electron chi connectivity index (χ2n) is 4.85. The standard InChI is InChI=1S/C18H13IN2O2/c19-13-6-10-15(11-7-13)23-14-8-4-12(5-9-14)16-2-1-3-17(21-16)18(20)22/h1-11H,(H2,20,22)/i19-4. The fourth-order valence-electron chi connectivity index (χ4n) is 2.07. The van der Waals surface area contributed by atoms with E-state index in [-0.39, 0.29) is 5.69 Å². The van der Waals surface area contributed by atoms with Crippen LogP contribution in [0.25, 0.3) is 11.3 Å². The van der Waals surface area contributed by atoms with Crippen LogP contribution < -0.4 is 10.5 Å². The van der Waals surface area contributed by atoms with Gasteiger partial charge in [-0.25, -0.2) is 4.98 Å². The molecule has 2 N–H and O–H groups in total. The summed E-state index contributed by atoms with van der Waals surface area (Å²) in [5.41, 5.74) is 7.10. The summed E-state index contributed by atoms with van der Waals surface area (Å²) in [4.78, 5) is 15.5. The first-order chi connectivity index (χ1) is 11.1. The van der Waals surface area contributed by atoms with Gasteiger partial charge in [0.25, 0.3) is 5.91 Å². The average Bonchev–Trinajstić information content (AvgIpc) is 2.58. The minimum absolute atomic E-state index is 0.252. The van der Waals surface area contributed by atoms with Gasteiger partial charge in [-0.2, -0.15) is 0 Å². The Hall–Kier alpha value is -2.41. The fourth-order valence-corrected chi connectivity index (χ4v) is 2.42. The summed E-state index contributed by atoms with van der Waals surface area (Å²) in [6, 6.07) is 20.6. The van der Waals surface area contributed by atoms with Gasteiger partial charge in [-0.1, -0.05) is 6.07 Å². The first-order valence-electron chi connectivity index (χ1n) is 6.92. The molecule has 2 aromatic carbocycles. The van der Waals surface area contributed by atoms with Crippen LogP contribution in [0.15, 0.2) is 66.7 Å². The minimum Gasteiger partial charge on any atom is -0.457 e. The molecule has 0 unspecified atom stereocenters. The van der Waals surface area contributed by atoms with Crippen molar-refractivity contribution < 1.29 is 9.53 Å². The van der Waals surface area contributed by atoms with E-state index >= 15 is 0 Å². The van der Waals surface area contributed by atoms with Gasteiger partial charge in [-0.15, -0.1) is 0 Å². The molecule has 0 bridgehead atoms. The Bertz CT molecular complexity index is 830. The number of halogens is 1. The van der Waals surface area contributed by atoms with Crippen LogP contribution in [-0.4, -0.2) is 10.9 Å². The molecule has 23 heavy (non-hydrogen) atoms. The van der Waals surface area contributed by atoms with Crippen LogP contribution in [0.2, 0.25) is 0 Å². The quantitative estimate of drug-likeness (QED) is 0.652. The second-order valence-corrected chi connectivity index (χ2v) is 6.10. The number of pyridine rings is 1. The summed E-state index contributed by atoms with van der Waals surface area (Å²) >= 11 is 2.25. The second kappa shape index (κ2) is 6.78. The molecule has 0 radical (unpaired) electrons. The molecule has 3 rings (SSSR count). The number of ether oxygens (including phenoxy) is 1. The van der Waals surface area contributed by atoms with E-state index in [1.54, 1.807) is 12.1 Å². The Kier molecular flexibility index (Phi) is 4.57. The molecule has 1 aromatic heterocycles. The summed E-state index contributed by atoms with van der Waals surface area (Å²) in [6.45, 7) is 0. The number of amides is 1. The van der Waals surface area contributed by atoms with Crippen molar-refractivity contribution in [1.82, 2.24) is 4.98 Å². The molecule has 0 aliphatic carbocycles. The first-order valence-corrected chi connectivity index (χ1v) is 8.00. The lowest BCUT2D eigenvalue weighted by atomic mass is 10.1. The van der Waals surface area contributed by atoms with E-state index in [2.05, 4.69) is 27.6 Å². The largest absolute Gasteiger partial charge is 0.457 e. The maximum absolute atomic E-state index is 11.2. The Morgan fingerprint density at radius 2 is 1.52 bits per heavy atom. The predicted octanol–water partition coefficient (Wildman–Crippen LogP) is 4.24. The molecule has 0 aliphatic heterocycles. The van der Waals surface area contributed by atoms with E-state index in [1.807, 2.05) is 54.6 Å². The zero-order valence-corrected chi connectivity index (χ0v) is 14.2. The highest BCUT2D eigenvalue weighted by Crippen LogP contribution is 2.25. The Morgan fingerprint density at radius 3 is 2.13 bits per heavy atom. The van der Waals surface area contributed by atoms with Gasteiger partial charge in [0.05, 0.1) is 5.69 Å². The van der Waals surface area contributed by atoms with Crippen molar-refractivity contribution in [3.8, 4) is 22.8 Å². The predicted molar refractivity (Wildman–Crippen MR) is 97.4 cm³/mol. The van der Waals surface area contributed by atoms with Crippen molar-refractivity contribution in [1.29, 1.82) is 0 Å². The van der Waals surface area contributed by atoms with E-state index < -0.39 is 5.91 Å². The number of nitrogens with zero attached hydrogens (tertiary/aromatic N) is 1. The molecule has 0 fully saturated rings. The highest BCUT2D eigenvalue weighted by Gasteiger charge is 2.05. The number of aromatic nitrogens is 1. The zero-order valence-electron chi connectivity index (χ0n) is 12.1. The SMILES string of the molecule is NC(=O)c1cccc(-c2ccc(Oc3ccc([123I])cc3)cc2)n1. The number of carbonyl (C=O) groups is 1. The van der Waals surface area contributed by atoms with Crippen molar-refractivity contribution in [3.05, 3.63) is 76.0 Å².